The molecule has 0 unspecified atom stereocenters. The Morgan fingerprint density at radius 1 is 1.19 bits per heavy atom. The Morgan fingerprint density at radius 3 is 2.65 bits per heavy atom. The summed E-state index contributed by atoms with van der Waals surface area (Å²) < 4.78 is 5.14. The second-order valence-electron chi connectivity index (χ2n) is 6.98. The quantitative estimate of drug-likeness (QED) is 0.375. The van der Waals surface area contributed by atoms with Gasteiger partial charge in [-0.15, -0.1) is 0 Å². The number of halogens is 1. The topological polar surface area (TPSA) is 84.1 Å². The number of carbonyl (C=O) groups excluding carboxylic acids is 1. The molecule has 0 radical (unpaired) electrons. The molecular formula is C23H24ClN3O3S. The molecule has 6 nitrogen and oxygen atoms in total. The summed E-state index contributed by atoms with van der Waals surface area (Å²) in [5.74, 6) is 1.22. The predicted octanol–water partition coefficient (Wildman–Crippen LogP) is 3.93. The predicted molar refractivity (Wildman–Crippen MR) is 124 cm³/mol. The van der Waals surface area contributed by atoms with Crippen LogP contribution < -0.4 is 15.6 Å². The number of aromatic nitrogens is 2. The SMILES string of the molecule is COc1ccc(CCNC(=O)Cc2c(C)nc(SCc3cccc(Cl)c3)[nH]c2=O)cc1. The molecule has 2 aromatic carbocycles. The van der Waals surface area contributed by atoms with Gasteiger partial charge in [-0.3, -0.25) is 9.59 Å². The molecule has 0 spiro atoms. The number of H-pyrrole nitrogens is 1. The van der Waals surface area contributed by atoms with Crippen LogP contribution in [0.25, 0.3) is 0 Å². The maximum atomic E-state index is 12.5. The van der Waals surface area contributed by atoms with Gasteiger partial charge in [-0.25, -0.2) is 4.98 Å². The molecule has 31 heavy (non-hydrogen) atoms. The molecule has 1 amide bonds. The number of benzene rings is 2. The van der Waals surface area contributed by atoms with Crippen molar-refractivity contribution < 1.29 is 9.53 Å². The van der Waals surface area contributed by atoms with Gasteiger partial charge in [-0.1, -0.05) is 47.6 Å². The Balaban J connectivity index is 1.53. The molecule has 0 aliphatic carbocycles. The van der Waals surface area contributed by atoms with E-state index in [0.717, 1.165) is 16.9 Å². The summed E-state index contributed by atoms with van der Waals surface area (Å²) in [6.07, 6.45) is 0.693. The van der Waals surface area contributed by atoms with Crippen molar-refractivity contribution >= 4 is 29.3 Å². The van der Waals surface area contributed by atoms with Crippen LogP contribution in [0.4, 0.5) is 0 Å². The number of methoxy groups -OCH3 is 1. The lowest BCUT2D eigenvalue weighted by Gasteiger charge is -2.09. The smallest absolute Gasteiger partial charge is 0.255 e. The summed E-state index contributed by atoms with van der Waals surface area (Å²) in [6.45, 7) is 2.24. The molecule has 0 aliphatic rings. The fourth-order valence-corrected chi connectivity index (χ4v) is 4.06. The number of nitrogens with zero attached hydrogens (tertiary/aromatic N) is 1. The van der Waals surface area contributed by atoms with Crippen molar-refractivity contribution in [2.75, 3.05) is 13.7 Å². The molecule has 0 bridgehead atoms. The molecule has 3 rings (SSSR count). The highest BCUT2D eigenvalue weighted by atomic mass is 35.5. The van der Waals surface area contributed by atoms with Crippen LogP contribution in [0.1, 0.15) is 22.4 Å². The maximum Gasteiger partial charge on any atom is 0.255 e. The molecule has 162 valence electrons. The van der Waals surface area contributed by atoms with Crippen LogP contribution in [0.15, 0.2) is 58.5 Å². The Morgan fingerprint density at radius 2 is 1.97 bits per heavy atom. The molecule has 0 atom stereocenters. The van der Waals surface area contributed by atoms with Crippen molar-refractivity contribution in [1.29, 1.82) is 0 Å². The molecule has 1 heterocycles. The molecule has 3 aromatic rings. The Hall–Kier alpha value is -2.77. The summed E-state index contributed by atoms with van der Waals surface area (Å²) in [5.41, 5.74) is 2.79. The second-order valence-corrected chi connectivity index (χ2v) is 8.38. The largest absolute Gasteiger partial charge is 0.497 e. The standard InChI is InChI=1S/C23H24ClN3O3S/c1-15-20(13-21(28)25-11-10-16-6-8-19(30-2)9-7-16)22(29)27-23(26-15)31-14-17-4-3-5-18(24)12-17/h3-9,12H,10-11,13-14H2,1-2H3,(H,25,28)(H,26,27,29). The van der Waals surface area contributed by atoms with E-state index in [9.17, 15) is 9.59 Å². The minimum Gasteiger partial charge on any atom is -0.497 e. The van der Waals surface area contributed by atoms with E-state index >= 15 is 0 Å². The van der Waals surface area contributed by atoms with E-state index in [2.05, 4.69) is 15.3 Å². The van der Waals surface area contributed by atoms with E-state index in [1.807, 2.05) is 48.5 Å². The van der Waals surface area contributed by atoms with Crippen LogP contribution >= 0.6 is 23.4 Å². The lowest BCUT2D eigenvalue weighted by Crippen LogP contribution is -2.30. The molecule has 0 aliphatic heterocycles. The van der Waals surface area contributed by atoms with E-state index in [0.29, 0.717) is 40.2 Å². The molecular weight excluding hydrogens is 434 g/mol. The lowest BCUT2D eigenvalue weighted by molar-refractivity contribution is -0.120. The molecule has 8 heteroatoms. The van der Waals surface area contributed by atoms with Crippen LogP contribution in [0.5, 0.6) is 5.75 Å². The number of aryl methyl sites for hydroxylation is 1. The Labute approximate surface area is 190 Å². The third-order valence-corrected chi connectivity index (χ3v) is 5.88. The highest BCUT2D eigenvalue weighted by molar-refractivity contribution is 7.98. The fraction of sp³-hybridized carbons (Fsp3) is 0.261. The number of amides is 1. The average Bonchev–Trinajstić information content (AvgIpc) is 2.75. The number of thioether (sulfide) groups is 1. The highest BCUT2D eigenvalue weighted by Gasteiger charge is 2.13. The zero-order valence-electron chi connectivity index (χ0n) is 17.4. The van der Waals surface area contributed by atoms with Crippen molar-refractivity contribution in [3.8, 4) is 5.75 Å². The first-order valence-corrected chi connectivity index (χ1v) is 11.2. The minimum atomic E-state index is -0.286. The highest BCUT2D eigenvalue weighted by Crippen LogP contribution is 2.21. The van der Waals surface area contributed by atoms with Gasteiger partial charge in [0.15, 0.2) is 5.16 Å². The van der Waals surface area contributed by atoms with Crippen LogP contribution in [0.2, 0.25) is 5.02 Å². The fourth-order valence-electron chi connectivity index (χ4n) is 3.00. The number of hydrogen-bond acceptors (Lipinski definition) is 5. The average molecular weight is 458 g/mol. The zero-order chi connectivity index (χ0) is 22.2. The van der Waals surface area contributed by atoms with E-state index in [1.54, 1.807) is 14.0 Å². The number of hydrogen-bond donors (Lipinski definition) is 2. The molecule has 0 saturated heterocycles. The van der Waals surface area contributed by atoms with Crippen molar-refractivity contribution in [1.82, 2.24) is 15.3 Å². The minimum absolute atomic E-state index is 0.00395. The summed E-state index contributed by atoms with van der Waals surface area (Å²) >= 11 is 7.42. The van der Waals surface area contributed by atoms with Crippen LogP contribution in [-0.4, -0.2) is 29.5 Å². The number of rotatable bonds is 9. The molecule has 0 saturated carbocycles. The third-order valence-electron chi connectivity index (χ3n) is 4.70. The van der Waals surface area contributed by atoms with E-state index in [-0.39, 0.29) is 17.9 Å². The van der Waals surface area contributed by atoms with Gasteiger partial charge in [-0.2, -0.15) is 0 Å². The summed E-state index contributed by atoms with van der Waals surface area (Å²) in [5, 5.41) is 4.05. The Bertz CT molecular complexity index is 1100. The van der Waals surface area contributed by atoms with Gasteiger partial charge in [-0.05, 0) is 48.7 Å². The van der Waals surface area contributed by atoms with E-state index < -0.39 is 0 Å². The monoisotopic (exact) mass is 457 g/mol. The third kappa shape index (κ3) is 6.87. The first kappa shape index (κ1) is 22.9. The van der Waals surface area contributed by atoms with Gasteiger partial charge in [0.25, 0.3) is 5.56 Å². The maximum absolute atomic E-state index is 12.5. The number of carbonyl (C=O) groups is 1. The van der Waals surface area contributed by atoms with Gasteiger partial charge < -0.3 is 15.0 Å². The van der Waals surface area contributed by atoms with Crippen molar-refractivity contribution in [3.05, 3.63) is 86.3 Å². The molecule has 1 aromatic heterocycles. The number of nitrogens with one attached hydrogen (secondary N) is 2. The zero-order valence-corrected chi connectivity index (χ0v) is 19.0. The second kappa shape index (κ2) is 11.0. The summed E-state index contributed by atoms with van der Waals surface area (Å²) in [7, 11) is 1.62. The van der Waals surface area contributed by atoms with E-state index in [4.69, 9.17) is 16.3 Å². The van der Waals surface area contributed by atoms with Crippen LogP contribution in [-0.2, 0) is 23.4 Å². The van der Waals surface area contributed by atoms with Gasteiger partial charge in [0.2, 0.25) is 5.91 Å². The summed E-state index contributed by atoms with van der Waals surface area (Å²) in [6, 6.07) is 15.2. The lowest BCUT2D eigenvalue weighted by atomic mass is 10.1. The molecule has 2 N–H and O–H groups in total. The van der Waals surface area contributed by atoms with Crippen LogP contribution in [0.3, 0.4) is 0 Å². The summed E-state index contributed by atoms with van der Waals surface area (Å²) in [4.78, 5) is 32.0. The normalized spacial score (nSPS) is 10.7. The van der Waals surface area contributed by atoms with Gasteiger partial charge in [0.1, 0.15) is 5.75 Å². The van der Waals surface area contributed by atoms with Gasteiger partial charge in [0.05, 0.1) is 13.5 Å². The van der Waals surface area contributed by atoms with E-state index in [1.165, 1.54) is 11.8 Å². The number of aromatic amines is 1. The van der Waals surface area contributed by atoms with Crippen molar-refractivity contribution in [2.45, 2.75) is 30.7 Å². The molecule has 0 fully saturated rings. The Kier molecular flexibility index (Phi) is 8.14. The van der Waals surface area contributed by atoms with Crippen molar-refractivity contribution in [3.63, 3.8) is 0 Å². The first-order chi connectivity index (χ1) is 14.9. The first-order valence-electron chi connectivity index (χ1n) is 9.81. The van der Waals surface area contributed by atoms with Crippen LogP contribution in [0, 0.1) is 6.92 Å². The number of ether oxygens (including phenoxy) is 1. The van der Waals surface area contributed by atoms with Gasteiger partial charge >= 0.3 is 0 Å². The van der Waals surface area contributed by atoms with Crippen molar-refractivity contribution in [2.24, 2.45) is 0 Å². The van der Waals surface area contributed by atoms with Gasteiger partial charge in [0, 0.05) is 28.6 Å².